The second kappa shape index (κ2) is 8.69. The van der Waals surface area contributed by atoms with Gasteiger partial charge in [-0.3, -0.25) is 4.90 Å². The topological polar surface area (TPSA) is 68.2 Å². The largest absolute Gasteiger partial charge is 0.444 e. The molecule has 1 rings (SSSR count). The second-order valence-corrected chi connectivity index (χ2v) is 15.7. The van der Waals surface area contributed by atoms with Gasteiger partial charge in [-0.2, -0.15) is 0 Å². The molecule has 1 heterocycles. The molecule has 0 saturated carbocycles. The summed E-state index contributed by atoms with van der Waals surface area (Å²) in [7, 11) is -2.15. The van der Waals surface area contributed by atoms with Crippen LogP contribution in [0.4, 0.5) is 4.79 Å². The third-order valence-electron chi connectivity index (χ3n) is 5.73. The standard InChI is InChI=1S/C22H43NO5Si/c1-13-14-16(28-29(11,12)21(6,7)8)18(24)17-15(2)26-22(9,10)23(17)19(25)27-20(3,4)5/h13-18,24H,1-12H3/b14-13+/t15-,16-,17+,18+/m0/s1. The highest BCUT2D eigenvalue weighted by atomic mass is 28.4. The highest BCUT2D eigenvalue weighted by molar-refractivity contribution is 6.74. The monoisotopic (exact) mass is 429 g/mol. The van der Waals surface area contributed by atoms with Gasteiger partial charge < -0.3 is 19.0 Å². The zero-order valence-corrected chi connectivity index (χ0v) is 21.5. The number of nitrogens with zero attached hydrogens (tertiary/aromatic N) is 1. The van der Waals surface area contributed by atoms with Gasteiger partial charge in [-0.25, -0.2) is 4.79 Å². The molecular formula is C22H43NO5Si. The molecule has 1 N–H and O–H groups in total. The fourth-order valence-corrected chi connectivity index (χ4v) is 4.61. The Balaban J connectivity index is 3.27. The summed E-state index contributed by atoms with van der Waals surface area (Å²) in [6.45, 7) is 23.7. The van der Waals surface area contributed by atoms with E-state index in [1.54, 1.807) is 0 Å². The van der Waals surface area contributed by atoms with Crippen molar-refractivity contribution in [1.82, 2.24) is 4.90 Å². The first-order valence-corrected chi connectivity index (χ1v) is 13.4. The van der Waals surface area contributed by atoms with Gasteiger partial charge in [0.2, 0.25) is 0 Å². The van der Waals surface area contributed by atoms with Gasteiger partial charge in [-0.1, -0.05) is 32.9 Å². The summed E-state index contributed by atoms with van der Waals surface area (Å²) < 4.78 is 18.2. The Kier molecular flexibility index (Phi) is 7.83. The van der Waals surface area contributed by atoms with Crippen LogP contribution in [0.15, 0.2) is 12.2 Å². The lowest BCUT2D eigenvalue weighted by Crippen LogP contribution is -2.58. The van der Waals surface area contributed by atoms with E-state index in [2.05, 4.69) is 33.9 Å². The summed E-state index contributed by atoms with van der Waals surface area (Å²) in [4.78, 5) is 14.6. The van der Waals surface area contributed by atoms with E-state index in [-0.39, 0.29) is 11.1 Å². The van der Waals surface area contributed by atoms with Crippen LogP contribution in [0.2, 0.25) is 18.1 Å². The lowest BCUT2D eigenvalue weighted by atomic mass is 9.99. The Bertz CT molecular complexity index is 603. The molecule has 0 spiro atoms. The van der Waals surface area contributed by atoms with Crippen LogP contribution in [-0.2, 0) is 13.9 Å². The predicted molar refractivity (Wildman–Crippen MR) is 119 cm³/mol. The number of aliphatic hydroxyl groups excluding tert-OH is 1. The molecular weight excluding hydrogens is 386 g/mol. The Hall–Kier alpha value is -0.893. The first kappa shape index (κ1) is 26.1. The summed E-state index contributed by atoms with van der Waals surface area (Å²) in [5.41, 5.74) is -1.54. The van der Waals surface area contributed by atoms with Gasteiger partial charge in [0, 0.05) is 0 Å². The third kappa shape index (κ3) is 6.29. The molecule has 0 aliphatic carbocycles. The summed E-state index contributed by atoms with van der Waals surface area (Å²) in [6.07, 6.45) is 1.38. The molecule has 1 aliphatic rings. The molecule has 0 radical (unpaired) electrons. The van der Waals surface area contributed by atoms with E-state index < -0.39 is 44.0 Å². The lowest BCUT2D eigenvalue weighted by molar-refractivity contribution is -0.0792. The van der Waals surface area contributed by atoms with Crippen molar-refractivity contribution in [2.24, 2.45) is 0 Å². The van der Waals surface area contributed by atoms with Gasteiger partial charge in [0.15, 0.2) is 8.32 Å². The van der Waals surface area contributed by atoms with E-state index in [1.807, 2.05) is 60.6 Å². The van der Waals surface area contributed by atoms with Gasteiger partial charge in [-0.15, -0.1) is 0 Å². The zero-order valence-electron chi connectivity index (χ0n) is 20.5. The number of allylic oxidation sites excluding steroid dienone is 1. The summed E-state index contributed by atoms with van der Waals surface area (Å²) >= 11 is 0. The molecule has 1 aliphatic heterocycles. The molecule has 29 heavy (non-hydrogen) atoms. The van der Waals surface area contributed by atoms with E-state index >= 15 is 0 Å². The first-order chi connectivity index (χ1) is 12.8. The van der Waals surface area contributed by atoms with Crippen LogP contribution in [0.5, 0.6) is 0 Å². The highest BCUT2D eigenvalue weighted by Gasteiger charge is 2.54. The number of hydrogen-bond acceptors (Lipinski definition) is 5. The van der Waals surface area contributed by atoms with Crippen LogP contribution in [0.25, 0.3) is 0 Å². The molecule has 0 aromatic rings. The van der Waals surface area contributed by atoms with Gasteiger partial charge in [0.25, 0.3) is 0 Å². The first-order valence-electron chi connectivity index (χ1n) is 10.5. The molecule has 0 unspecified atom stereocenters. The smallest absolute Gasteiger partial charge is 0.413 e. The average Bonchev–Trinajstić information content (AvgIpc) is 2.71. The maximum absolute atomic E-state index is 13.0. The van der Waals surface area contributed by atoms with Crippen molar-refractivity contribution in [1.29, 1.82) is 0 Å². The maximum Gasteiger partial charge on any atom is 0.413 e. The highest BCUT2D eigenvalue weighted by Crippen LogP contribution is 2.40. The van der Waals surface area contributed by atoms with Crippen LogP contribution in [0.1, 0.15) is 69.2 Å². The van der Waals surface area contributed by atoms with Crippen LogP contribution in [0.3, 0.4) is 0 Å². The number of amides is 1. The fraction of sp³-hybridized carbons (Fsp3) is 0.864. The normalized spacial score (nSPS) is 25.3. The van der Waals surface area contributed by atoms with Gasteiger partial charge in [0.05, 0.1) is 18.2 Å². The minimum Gasteiger partial charge on any atom is -0.444 e. The number of rotatable bonds is 5. The van der Waals surface area contributed by atoms with Crippen molar-refractivity contribution in [3.05, 3.63) is 12.2 Å². The minimum atomic E-state index is -2.15. The van der Waals surface area contributed by atoms with Crippen LogP contribution < -0.4 is 0 Å². The molecule has 1 saturated heterocycles. The SMILES string of the molecule is C/C=C/[C@H](O[Si](C)(C)C(C)(C)C)[C@@H](O)[C@H]1[C@H](C)OC(C)(C)N1C(=O)OC(C)(C)C. The lowest BCUT2D eigenvalue weighted by Gasteiger charge is -2.42. The number of ether oxygens (including phenoxy) is 2. The molecule has 0 aromatic heterocycles. The van der Waals surface area contributed by atoms with E-state index in [0.29, 0.717) is 0 Å². The quantitative estimate of drug-likeness (QED) is 0.488. The van der Waals surface area contributed by atoms with Crippen LogP contribution in [0, 0.1) is 0 Å². The van der Waals surface area contributed by atoms with Crippen molar-refractivity contribution in [3.8, 4) is 0 Å². The molecule has 4 atom stereocenters. The molecule has 1 amide bonds. The summed E-state index contributed by atoms with van der Waals surface area (Å²) in [5.74, 6) is 0. The number of hydrogen-bond donors (Lipinski definition) is 1. The Labute approximate surface area is 178 Å². The fourth-order valence-electron chi connectivity index (χ4n) is 3.36. The van der Waals surface area contributed by atoms with Crippen molar-refractivity contribution >= 4 is 14.4 Å². The molecule has 7 heteroatoms. The van der Waals surface area contributed by atoms with Crippen molar-refractivity contribution < 1.29 is 23.8 Å². The number of carbonyl (C=O) groups excluding carboxylic acids is 1. The van der Waals surface area contributed by atoms with E-state index in [4.69, 9.17) is 13.9 Å². The predicted octanol–water partition coefficient (Wildman–Crippen LogP) is 5.07. The minimum absolute atomic E-state index is 0.00549. The van der Waals surface area contributed by atoms with E-state index in [9.17, 15) is 9.90 Å². The maximum atomic E-state index is 13.0. The third-order valence-corrected chi connectivity index (χ3v) is 10.2. The summed E-state index contributed by atoms with van der Waals surface area (Å²) in [5, 5.41) is 11.4. The molecule has 170 valence electrons. The number of aliphatic hydroxyl groups is 1. The van der Waals surface area contributed by atoms with Gasteiger partial charge >= 0.3 is 6.09 Å². The van der Waals surface area contributed by atoms with Crippen molar-refractivity contribution in [2.45, 2.75) is 123 Å². The Morgan fingerprint density at radius 3 is 2.14 bits per heavy atom. The molecule has 1 fully saturated rings. The van der Waals surface area contributed by atoms with Gasteiger partial charge in [-0.05, 0) is 66.6 Å². The number of carbonyl (C=O) groups is 1. The van der Waals surface area contributed by atoms with Crippen LogP contribution >= 0.6 is 0 Å². The average molecular weight is 430 g/mol. The zero-order chi connectivity index (χ0) is 23.0. The van der Waals surface area contributed by atoms with Crippen molar-refractivity contribution in [2.75, 3.05) is 0 Å². The van der Waals surface area contributed by atoms with E-state index in [0.717, 1.165) is 0 Å². The molecule has 0 bridgehead atoms. The Morgan fingerprint density at radius 2 is 1.72 bits per heavy atom. The molecule has 6 nitrogen and oxygen atoms in total. The van der Waals surface area contributed by atoms with Gasteiger partial charge in [0.1, 0.15) is 17.4 Å². The molecule has 0 aromatic carbocycles. The van der Waals surface area contributed by atoms with Crippen molar-refractivity contribution in [3.63, 3.8) is 0 Å². The Morgan fingerprint density at radius 1 is 1.21 bits per heavy atom. The second-order valence-electron chi connectivity index (χ2n) is 11.0. The summed E-state index contributed by atoms with van der Waals surface area (Å²) in [6, 6.07) is -0.592. The van der Waals surface area contributed by atoms with Crippen LogP contribution in [-0.4, -0.2) is 60.1 Å². The van der Waals surface area contributed by atoms with E-state index in [1.165, 1.54) is 4.90 Å².